The Balaban J connectivity index is 0.00000288. The van der Waals surface area contributed by atoms with Crippen molar-refractivity contribution in [2.24, 2.45) is 11.1 Å². The van der Waals surface area contributed by atoms with Gasteiger partial charge in [0.1, 0.15) is 12.1 Å². The van der Waals surface area contributed by atoms with E-state index in [0.717, 1.165) is 12.2 Å². The number of thioether (sulfide) groups is 1. The predicted octanol–water partition coefficient (Wildman–Crippen LogP) is 1.30. The van der Waals surface area contributed by atoms with Crippen molar-refractivity contribution in [2.75, 3.05) is 12.8 Å². The summed E-state index contributed by atoms with van der Waals surface area (Å²) in [4.78, 5) is 27.3. The van der Waals surface area contributed by atoms with Crippen molar-refractivity contribution in [1.29, 1.82) is 0 Å². The van der Waals surface area contributed by atoms with Crippen LogP contribution in [0.4, 0.5) is 0 Å². The number of thiocarbonyl (C=S) groups is 1. The van der Waals surface area contributed by atoms with Gasteiger partial charge in [0.05, 0.1) is 16.4 Å². The van der Waals surface area contributed by atoms with E-state index in [9.17, 15) is 9.59 Å². The molecule has 0 bridgehead atoms. The van der Waals surface area contributed by atoms with Crippen molar-refractivity contribution < 1.29 is 9.59 Å². The van der Waals surface area contributed by atoms with E-state index >= 15 is 0 Å². The highest BCUT2D eigenvalue weighted by Crippen LogP contribution is 2.45. The number of hydrogen-bond acceptors (Lipinski definition) is 5. The number of halogens is 2. The van der Waals surface area contributed by atoms with Gasteiger partial charge in [-0.05, 0) is 38.0 Å². The highest BCUT2D eigenvalue weighted by Gasteiger charge is 2.53. The second-order valence-electron chi connectivity index (χ2n) is 6.93. The number of hydrogen-bond donors (Lipinski definition) is 3. The molecule has 146 valence electrons. The Bertz CT molecular complexity index is 522. The molecule has 2 heterocycles. The first kappa shape index (κ1) is 24.7. The van der Waals surface area contributed by atoms with Gasteiger partial charge in [0, 0.05) is 0 Å². The van der Waals surface area contributed by atoms with Crippen LogP contribution in [0.3, 0.4) is 0 Å². The van der Waals surface area contributed by atoms with Crippen molar-refractivity contribution >= 4 is 65.6 Å². The molecule has 10 heteroatoms. The standard InChI is InChI=1S/C15H26N4O2S2.2ClH/c1-8(17-4)13(22)18-9-5-6-23-10-7-15(2,3)11(12(16)20)19(10)14(9)21;;/h8-11,17H,5-7H2,1-4H3,(H2,16,20)(H,18,22);2*1H/t8-,9?,10?,11?;;/m0../s1. The van der Waals surface area contributed by atoms with Gasteiger partial charge in [0.25, 0.3) is 0 Å². The summed E-state index contributed by atoms with van der Waals surface area (Å²) in [6.07, 6.45) is 1.47. The molecule has 2 fully saturated rings. The van der Waals surface area contributed by atoms with Crippen LogP contribution in [0.15, 0.2) is 0 Å². The van der Waals surface area contributed by atoms with Crippen molar-refractivity contribution in [3.8, 4) is 0 Å². The molecule has 4 N–H and O–H groups in total. The van der Waals surface area contributed by atoms with Gasteiger partial charge in [0.2, 0.25) is 11.8 Å². The van der Waals surface area contributed by atoms with Crippen LogP contribution in [0.5, 0.6) is 0 Å². The van der Waals surface area contributed by atoms with Crippen molar-refractivity contribution in [3.63, 3.8) is 0 Å². The Morgan fingerprint density at radius 3 is 2.56 bits per heavy atom. The minimum atomic E-state index is -0.565. The lowest BCUT2D eigenvalue weighted by Crippen LogP contribution is -2.57. The lowest BCUT2D eigenvalue weighted by Gasteiger charge is -2.33. The Kier molecular flexibility index (Phi) is 9.49. The largest absolute Gasteiger partial charge is 0.368 e. The summed E-state index contributed by atoms with van der Waals surface area (Å²) in [5.41, 5.74) is 5.31. The SMILES string of the molecule is CN[C@@H](C)C(=S)NC1CCSC2CC(C)(C)C(C(N)=O)N2C1=O.Cl.Cl. The van der Waals surface area contributed by atoms with E-state index in [1.807, 2.05) is 27.8 Å². The number of nitrogens with two attached hydrogens (primary N) is 1. The monoisotopic (exact) mass is 430 g/mol. The van der Waals surface area contributed by atoms with Crippen molar-refractivity contribution in [1.82, 2.24) is 15.5 Å². The summed E-state index contributed by atoms with van der Waals surface area (Å²) < 4.78 is 0. The van der Waals surface area contributed by atoms with Gasteiger partial charge in [0.15, 0.2) is 0 Å². The summed E-state index contributed by atoms with van der Waals surface area (Å²) >= 11 is 7.08. The molecule has 0 radical (unpaired) electrons. The lowest BCUT2D eigenvalue weighted by atomic mass is 9.84. The van der Waals surface area contributed by atoms with Gasteiger partial charge in [-0.2, -0.15) is 0 Å². The normalized spacial score (nSPS) is 28.7. The number of nitrogens with zero attached hydrogens (tertiary/aromatic N) is 1. The molecule has 2 rings (SSSR count). The van der Waals surface area contributed by atoms with Gasteiger partial charge in [-0.25, -0.2) is 0 Å². The molecule has 0 spiro atoms. The van der Waals surface area contributed by atoms with E-state index in [2.05, 4.69) is 10.6 Å². The quantitative estimate of drug-likeness (QED) is 0.582. The first-order valence-electron chi connectivity index (χ1n) is 7.89. The molecule has 2 aliphatic heterocycles. The number of carbonyl (C=O) groups is 2. The molecule has 0 saturated carbocycles. The van der Waals surface area contributed by atoms with Crippen LogP contribution in [0.2, 0.25) is 0 Å². The highest BCUT2D eigenvalue weighted by molar-refractivity contribution is 7.99. The molecule has 2 saturated heterocycles. The average Bonchev–Trinajstić information content (AvgIpc) is 2.66. The molecule has 6 nitrogen and oxygen atoms in total. The van der Waals surface area contributed by atoms with E-state index in [-0.39, 0.29) is 47.6 Å². The third-order valence-corrected chi connectivity index (χ3v) is 6.43. The third-order valence-electron chi connectivity index (χ3n) is 4.71. The smallest absolute Gasteiger partial charge is 0.246 e. The van der Waals surface area contributed by atoms with Crippen LogP contribution < -0.4 is 16.4 Å². The van der Waals surface area contributed by atoms with Crippen molar-refractivity contribution in [2.45, 2.75) is 57.1 Å². The maximum absolute atomic E-state index is 13.0. The Morgan fingerprint density at radius 2 is 2.04 bits per heavy atom. The predicted molar refractivity (Wildman–Crippen MR) is 112 cm³/mol. The fourth-order valence-corrected chi connectivity index (χ4v) is 5.16. The van der Waals surface area contributed by atoms with Crippen LogP contribution >= 0.6 is 48.8 Å². The van der Waals surface area contributed by atoms with Gasteiger partial charge in [-0.3, -0.25) is 9.59 Å². The zero-order chi connectivity index (χ0) is 17.4. The number of primary amides is 1. The van der Waals surface area contributed by atoms with E-state index in [1.54, 1.807) is 16.7 Å². The average molecular weight is 431 g/mol. The van der Waals surface area contributed by atoms with Crippen LogP contribution in [-0.4, -0.2) is 58.0 Å². The molecular weight excluding hydrogens is 403 g/mol. The van der Waals surface area contributed by atoms with Gasteiger partial charge < -0.3 is 21.3 Å². The molecule has 0 aromatic heterocycles. The molecule has 0 aromatic rings. The lowest BCUT2D eigenvalue weighted by molar-refractivity contribution is -0.141. The summed E-state index contributed by atoms with van der Waals surface area (Å²) in [5.74, 6) is 0.348. The summed E-state index contributed by atoms with van der Waals surface area (Å²) in [7, 11) is 1.82. The molecule has 0 aromatic carbocycles. The van der Waals surface area contributed by atoms with Crippen LogP contribution in [0, 0.1) is 5.41 Å². The molecule has 25 heavy (non-hydrogen) atoms. The van der Waals surface area contributed by atoms with Crippen LogP contribution in [0.1, 0.15) is 33.6 Å². The Hall–Kier alpha value is -0.280. The Morgan fingerprint density at radius 1 is 1.44 bits per heavy atom. The first-order chi connectivity index (χ1) is 10.7. The molecule has 2 aliphatic rings. The van der Waals surface area contributed by atoms with E-state index in [1.165, 1.54) is 0 Å². The minimum Gasteiger partial charge on any atom is -0.368 e. The van der Waals surface area contributed by atoms with E-state index in [4.69, 9.17) is 18.0 Å². The summed E-state index contributed by atoms with van der Waals surface area (Å²) in [5, 5.41) is 6.25. The minimum absolute atomic E-state index is 0. The van der Waals surface area contributed by atoms with E-state index < -0.39 is 18.0 Å². The number of rotatable bonds is 4. The van der Waals surface area contributed by atoms with E-state index in [0.29, 0.717) is 11.4 Å². The molecule has 3 unspecified atom stereocenters. The van der Waals surface area contributed by atoms with Gasteiger partial charge in [-0.15, -0.1) is 36.6 Å². The molecule has 2 amide bonds. The molecule has 0 aliphatic carbocycles. The summed E-state index contributed by atoms with van der Waals surface area (Å²) in [6, 6.07) is -0.969. The number of fused-ring (bicyclic) bond motifs is 1. The Labute approximate surface area is 171 Å². The van der Waals surface area contributed by atoms with Gasteiger partial charge in [-0.1, -0.05) is 26.1 Å². The molecule has 4 atom stereocenters. The number of likely N-dealkylation sites (N-methyl/N-ethyl adjacent to an activating group) is 1. The van der Waals surface area contributed by atoms with Crippen LogP contribution in [-0.2, 0) is 9.59 Å². The highest BCUT2D eigenvalue weighted by atomic mass is 35.5. The fourth-order valence-electron chi connectivity index (χ4n) is 3.32. The number of amides is 2. The first-order valence-corrected chi connectivity index (χ1v) is 9.35. The fraction of sp³-hybridized carbons (Fsp3) is 0.800. The zero-order valence-corrected chi connectivity index (χ0v) is 18.2. The number of carbonyl (C=O) groups excluding carboxylic acids is 2. The maximum Gasteiger partial charge on any atom is 0.246 e. The van der Waals surface area contributed by atoms with Gasteiger partial charge >= 0.3 is 0 Å². The second kappa shape index (κ2) is 9.60. The summed E-state index contributed by atoms with van der Waals surface area (Å²) in [6.45, 7) is 5.95. The zero-order valence-electron chi connectivity index (χ0n) is 14.9. The number of nitrogens with one attached hydrogen (secondary N) is 2. The third kappa shape index (κ3) is 5.13. The topological polar surface area (TPSA) is 87.5 Å². The maximum atomic E-state index is 13.0. The second-order valence-corrected chi connectivity index (χ2v) is 8.65. The molecular formula is C15H28Cl2N4O2S2. The van der Waals surface area contributed by atoms with Crippen LogP contribution in [0.25, 0.3) is 0 Å². The van der Waals surface area contributed by atoms with Crippen molar-refractivity contribution in [3.05, 3.63) is 0 Å².